The average molecular weight is 443 g/mol. The number of rotatable bonds is 20. The van der Waals surface area contributed by atoms with Crippen LogP contribution in [0.4, 0.5) is 0 Å². The van der Waals surface area contributed by atoms with Gasteiger partial charge in [-0.1, -0.05) is 103 Å². The minimum atomic E-state index is -4.64. The molecule has 0 bridgehead atoms. The number of aliphatic hydroxyl groups is 2. The fourth-order valence-corrected chi connectivity index (χ4v) is 3.02. The predicted molar refractivity (Wildman–Crippen MR) is 118 cm³/mol. The van der Waals surface area contributed by atoms with E-state index in [-0.39, 0.29) is 13.2 Å². The van der Waals surface area contributed by atoms with Crippen LogP contribution in [0.2, 0.25) is 0 Å². The molecule has 0 rings (SSSR count). The summed E-state index contributed by atoms with van der Waals surface area (Å²) in [6, 6.07) is 0. The first kappa shape index (κ1) is 31.2. The van der Waals surface area contributed by atoms with E-state index in [9.17, 15) is 0 Å². The van der Waals surface area contributed by atoms with Gasteiger partial charge in [0.05, 0.1) is 13.2 Å². The van der Waals surface area contributed by atoms with Gasteiger partial charge in [-0.05, 0) is 6.42 Å². The molecule has 0 fully saturated rings. The monoisotopic (exact) mass is 442 g/mol. The third kappa shape index (κ3) is 39.1. The van der Waals surface area contributed by atoms with Crippen molar-refractivity contribution in [1.29, 1.82) is 0 Å². The fraction of sp³-hybridized carbons (Fsp3) is 1.00. The summed E-state index contributed by atoms with van der Waals surface area (Å²) in [4.78, 5) is 21.6. The molecule has 0 aromatic heterocycles. The topological polar surface area (TPSA) is 127 Å². The molecule has 178 valence electrons. The Balaban J connectivity index is 0. The van der Waals surface area contributed by atoms with Gasteiger partial charge in [-0.25, -0.2) is 4.57 Å². The molecule has 0 radical (unpaired) electrons. The van der Waals surface area contributed by atoms with Crippen LogP contribution in [0, 0.1) is 0 Å². The fourth-order valence-electron chi connectivity index (χ4n) is 3.02. The summed E-state index contributed by atoms with van der Waals surface area (Å²) in [6.07, 6.45) is 21.2. The standard InChI is InChI=1S/C21H44O3.H3O4P/c1-2-3-4-5-6-7-8-9-10-11-12-13-14-15-16-17-18-24-20-21(23)19-22;1-5(2,3)4/h21-23H,2-20H2,1H3;(H3,1,2,3,4). The van der Waals surface area contributed by atoms with Crippen LogP contribution in [0.1, 0.15) is 110 Å². The highest BCUT2D eigenvalue weighted by Gasteiger charge is 2.01. The number of hydrogen-bond donors (Lipinski definition) is 5. The van der Waals surface area contributed by atoms with Crippen molar-refractivity contribution in [1.82, 2.24) is 0 Å². The zero-order valence-electron chi connectivity index (χ0n) is 18.5. The molecule has 0 aliphatic rings. The van der Waals surface area contributed by atoms with Gasteiger partial charge >= 0.3 is 7.82 Å². The minimum absolute atomic E-state index is 0.209. The van der Waals surface area contributed by atoms with E-state index < -0.39 is 13.9 Å². The second-order valence-electron chi connectivity index (χ2n) is 7.73. The summed E-state index contributed by atoms with van der Waals surface area (Å²) in [7, 11) is -4.64. The van der Waals surface area contributed by atoms with E-state index in [2.05, 4.69) is 6.92 Å². The Hall–Kier alpha value is -0.0100. The van der Waals surface area contributed by atoms with Crippen LogP contribution in [-0.4, -0.2) is 50.8 Å². The van der Waals surface area contributed by atoms with E-state index in [1.54, 1.807) is 0 Å². The Morgan fingerprint density at radius 3 is 1.31 bits per heavy atom. The lowest BCUT2D eigenvalue weighted by Gasteiger charge is -2.08. The van der Waals surface area contributed by atoms with Gasteiger partial charge in [0.1, 0.15) is 6.10 Å². The van der Waals surface area contributed by atoms with Crippen molar-refractivity contribution >= 4 is 7.82 Å². The van der Waals surface area contributed by atoms with Crippen molar-refractivity contribution < 1.29 is 34.2 Å². The summed E-state index contributed by atoms with van der Waals surface area (Å²) < 4.78 is 14.2. The lowest BCUT2D eigenvalue weighted by molar-refractivity contribution is 0.00526. The third-order valence-corrected chi connectivity index (χ3v) is 4.66. The van der Waals surface area contributed by atoms with Crippen molar-refractivity contribution in [2.45, 2.75) is 116 Å². The molecule has 0 saturated carbocycles. The van der Waals surface area contributed by atoms with Gasteiger partial charge in [0.2, 0.25) is 0 Å². The van der Waals surface area contributed by atoms with Crippen LogP contribution >= 0.6 is 7.82 Å². The van der Waals surface area contributed by atoms with E-state index in [0.29, 0.717) is 6.61 Å². The molecule has 5 N–H and O–H groups in total. The minimum Gasteiger partial charge on any atom is -0.394 e. The van der Waals surface area contributed by atoms with Crippen LogP contribution in [0.5, 0.6) is 0 Å². The smallest absolute Gasteiger partial charge is 0.394 e. The van der Waals surface area contributed by atoms with Gasteiger partial charge in [0, 0.05) is 6.61 Å². The van der Waals surface area contributed by atoms with Gasteiger partial charge < -0.3 is 29.6 Å². The maximum absolute atomic E-state index is 9.12. The molecule has 7 nitrogen and oxygen atoms in total. The summed E-state index contributed by atoms with van der Waals surface area (Å²) >= 11 is 0. The highest BCUT2D eigenvalue weighted by Crippen LogP contribution is 2.25. The van der Waals surface area contributed by atoms with Crippen molar-refractivity contribution in [3.63, 3.8) is 0 Å². The highest BCUT2D eigenvalue weighted by atomic mass is 31.2. The second kappa shape index (κ2) is 24.3. The zero-order valence-corrected chi connectivity index (χ0v) is 19.4. The van der Waals surface area contributed by atoms with E-state index in [4.69, 9.17) is 34.2 Å². The molecule has 0 saturated heterocycles. The van der Waals surface area contributed by atoms with Gasteiger partial charge in [-0.3, -0.25) is 0 Å². The average Bonchev–Trinajstić information content (AvgIpc) is 2.65. The number of phosphoric acid groups is 1. The molecule has 0 aromatic rings. The third-order valence-electron chi connectivity index (χ3n) is 4.66. The van der Waals surface area contributed by atoms with E-state index in [1.807, 2.05) is 0 Å². The maximum Gasteiger partial charge on any atom is 0.466 e. The van der Waals surface area contributed by atoms with Crippen LogP contribution in [0.25, 0.3) is 0 Å². The van der Waals surface area contributed by atoms with Gasteiger partial charge in [0.25, 0.3) is 0 Å². The molecule has 0 amide bonds. The van der Waals surface area contributed by atoms with Crippen LogP contribution in [-0.2, 0) is 9.30 Å². The van der Waals surface area contributed by atoms with Crippen LogP contribution in [0.3, 0.4) is 0 Å². The SMILES string of the molecule is CCCCCCCCCCCCCCCCCCOCC(O)CO.O=P(O)(O)O. The number of unbranched alkanes of at least 4 members (excludes halogenated alkanes) is 15. The summed E-state index contributed by atoms with van der Waals surface area (Å²) in [6.45, 7) is 3.03. The summed E-state index contributed by atoms with van der Waals surface area (Å²) in [5, 5.41) is 17.8. The highest BCUT2D eigenvalue weighted by molar-refractivity contribution is 7.45. The molecule has 8 heteroatoms. The molecule has 29 heavy (non-hydrogen) atoms. The molecule has 0 aliphatic heterocycles. The Morgan fingerprint density at radius 2 is 1.00 bits per heavy atom. The van der Waals surface area contributed by atoms with Gasteiger partial charge in [-0.15, -0.1) is 0 Å². The quantitative estimate of drug-likeness (QED) is 0.137. The molecule has 0 aliphatic carbocycles. The lowest BCUT2D eigenvalue weighted by atomic mass is 10.0. The number of ether oxygens (including phenoxy) is 1. The Labute approximate surface area is 178 Å². The second-order valence-corrected chi connectivity index (χ2v) is 8.75. The zero-order chi connectivity index (χ0) is 22.2. The predicted octanol–water partition coefficient (Wildman–Crippen LogP) is 4.69. The first-order chi connectivity index (χ1) is 13.8. The van der Waals surface area contributed by atoms with Crippen molar-refractivity contribution in [2.24, 2.45) is 0 Å². The first-order valence-electron chi connectivity index (χ1n) is 11.5. The van der Waals surface area contributed by atoms with Gasteiger partial charge in [-0.2, -0.15) is 0 Å². The number of aliphatic hydroxyl groups excluding tert-OH is 2. The molecule has 0 aromatic carbocycles. The van der Waals surface area contributed by atoms with Crippen molar-refractivity contribution in [2.75, 3.05) is 19.8 Å². The van der Waals surface area contributed by atoms with E-state index >= 15 is 0 Å². The normalized spacial score (nSPS) is 12.5. The Morgan fingerprint density at radius 1 is 0.690 bits per heavy atom. The van der Waals surface area contributed by atoms with Crippen LogP contribution < -0.4 is 0 Å². The largest absolute Gasteiger partial charge is 0.466 e. The summed E-state index contributed by atoms with van der Waals surface area (Å²) in [5.41, 5.74) is 0. The molecular weight excluding hydrogens is 395 g/mol. The van der Waals surface area contributed by atoms with E-state index in [1.165, 1.54) is 96.3 Å². The van der Waals surface area contributed by atoms with E-state index in [0.717, 1.165) is 6.42 Å². The van der Waals surface area contributed by atoms with Crippen LogP contribution in [0.15, 0.2) is 0 Å². The maximum atomic E-state index is 9.12. The first-order valence-corrected chi connectivity index (χ1v) is 13.0. The molecule has 0 heterocycles. The molecule has 1 unspecified atom stereocenters. The number of hydrogen-bond acceptors (Lipinski definition) is 4. The van der Waals surface area contributed by atoms with Crippen molar-refractivity contribution in [3.8, 4) is 0 Å². The Kier molecular flexibility index (Phi) is 26.1. The van der Waals surface area contributed by atoms with Crippen molar-refractivity contribution in [3.05, 3.63) is 0 Å². The van der Waals surface area contributed by atoms with Gasteiger partial charge in [0.15, 0.2) is 0 Å². The molecular formula is C21H47O7P. The summed E-state index contributed by atoms with van der Waals surface area (Å²) in [5.74, 6) is 0. The lowest BCUT2D eigenvalue weighted by Crippen LogP contribution is -2.19. The molecule has 1 atom stereocenters. The molecule has 0 spiro atoms. The Bertz CT molecular complexity index is 342.